The number of hydrogen-bond acceptors (Lipinski definition) is 7. The molecule has 0 saturated carbocycles. The third kappa shape index (κ3) is 5.05. The van der Waals surface area contributed by atoms with E-state index in [1.54, 1.807) is 18.3 Å². The van der Waals surface area contributed by atoms with Crippen molar-refractivity contribution < 1.29 is 9.59 Å². The fourth-order valence-electron chi connectivity index (χ4n) is 4.01. The number of nitrogens with zero attached hydrogens (tertiary/aromatic N) is 5. The Kier molecular flexibility index (Phi) is 6.71. The molecule has 3 N–H and O–H groups in total. The van der Waals surface area contributed by atoms with Gasteiger partial charge in [0.25, 0.3) is 0 Å². The Morgan fingerprint density at radius 3 is 2.70 bits per heavy atom. The number of nitrogens with one attached hydrogen (secondary N) is 3. The van der Waals surface area contributed by atoms with Gasteiger partial charge in [-0.05, 0) is 37.1 Å². The van der Waals surface area contributed by atoms with Crippen molar-refractivity contribution >= 4 is 46.1 Å². The Morgan fingerprint density at radius 1 is 1.18 bits per heavy atom. The molecule has 4 rings (SSSR count). The highest BCUT2D eigenvalue weighted by atomic mass is 16.2. The van der Waals surface area contributed by atoms with Crippen molar-refractivity contribution in [3.63, 3.8) is 0 Å². The maximum absolute atomic E-state index is 12.1. The Hall–Kier alpha value is -3.69. The monoisotopic (exact) mass is 450 g/mol. The van der Waals surface area contributed by atoms with Gasteiger partial charge in [-0.15, -0.1) is 0 Å². The van der Waals surface area contributed by atoms with Crippen molar-refractivity contribution in [1.29, 1.82) is 0 Å². The summed E-state index contributed by atoms with van der Waals surface area (Å²) in [6.45, 7) is 5.19. The highest BCUT2D eigenvalue weighted by molar-refractivity contribution is 5.92. The summed E-state index contributed by atoms with van der Waals surface area (Å²) < 4.78 is 0. The predicted molar refractivity (Wildman–Crippen MR) is 129 cm³/mol. The lowest BCUT2D eigenvalue weighted by Crippen LogP contribution is -2.45. The molecule has 10 heteroatoms. The lowest BCUT2D eigenvalue weighted by molar-refractivity contribution is -0.131. The number of carbonyl (C=O) groups is 2. The summed E-state index contributed by atoms with van der Waals surface area (Å²) in [6.07, 6.45) is 4.47. The summed E-state index contributed by atoms with van der Waals surface area (Å²) in [7, 11) is 1.77. The first kappa shape index (κ1) is 22.5. The van der Waals surface area contributed by atoms with Crippen LogP contribution in [0.25, 0.3) is 11.2 Å². The van der Waals surface area contributed by atoms with Crippen molar-refractivity contribution in [3.8, 4) is 0 Å². The van der Waals surface area contributed by atoms with E-state index in [2.05, 4.69) is 30.6 Å². The van der Waals surface area contributed by atoms with Gasteiger partial charge in [-0.3, -0.25) is 9.59 Å². The van der Waals surface area contributed by atoms with E-state index in [1.807, 2.05) is 43.0 Å². The first-order valence-corrected chi connectivity index (χ1v) is 11.4. The zero-order chi connectivity index (χ0) is 23.4. The Labute approximate surface area is 192 Å². The number of rotatable bonds is 7. The maximum atomic E-state index is 12.1. The van der Waals surface area contributed by atoms with Gasteiger partial charge < -0.3 is 25.4 Å². The number of fused-ring (bicyclic) bond motifs is 1. The van der Waals surface area contributed by atoms with E-state index in [1.165, 1.54) is 0 Å². The number of aromatic nitrogens is 4. The van der Waals surface area contributed by atoms with Crippen LogP contribution in [0.15, 0.2) is 30.6 Å². The number of H-pyrrole nitrogens is 1. The van der Waals surface area contributed by atoms with E-state index in [-0.39, 0.29) is 17.9 Å². The van der Waals surface area contributed by atoms with Gasteiger partial charge >= 0.3 is 0 Å². The molecule has 174 valence electrons. The molecule has 10 nitrogen and oxygen atoms in total. The number of amides is 2. The number of imidazole rings is 1. The predicted octanol–water partition coefficient (Wildman–Crippen LogP) is 3.28. The second-order valence-corrected chi connectivity index (χ2v) is 8.15. The van der Waals surface area contributed by atoms with Crippen molar-refractivity contribution in [2.24, 2.45) is 0 Å². The minimum absolute atomic E-state index is 0.0562. The van der Waals surface area contributed by atoms with Gasteiger partial charge in [0.2, 0.25) is 17.8 Å². The van der Waals surface area contributed by atoms with E-state index in [0.717, 1.165) is 36.3 Å². The van der Waals surface area contributed by atoms with Gasteiger partial charge in [0.1, 0.15) is 5.52 Å². The SMILES string of the molecule is CCC(=O)N1CCCC(Nc2nc(Nc3ccc(N(C)C(=O)CC)cc3)nc3nc[nH]c23)C1. The molecule has 33 heavy (non-hydrogen) atoms. The van der Waals surface area contributed by atoms with Gasteiger partial charge in [0.15, 0.2) is 11.5 Å². The van der Waals surface area contributed by atoms with Crippen LogP contribution in [-0.4, -0.2) is 62.8 Å². The fraction of sp³-hybridized carbons (Fsp3) is 0.435. The maximum Gasteiger partial charge on any atom is 0.231 e. The third-order valence-electron chi connectivity index (χ3n) is 5.89. The molecule has 3 heterocycles. The molecular formula is C23H30N8O2. The molecule has 1 saturated heterocycles. The number of benzene rings is 1. The van der Waals surface area contributed by atoms with Crippen molar-refractivity contribution in [1.82, 2.24) is 24.8 Å². The standard InChI is InChI=1S/C23H30N8O2/c1-4-18(32)30(3)17-10-8-15(9-11-17)27-23-28-21-20(24-14-25-21)22(29-23)26-16-7-6-12-31(13-16)19(33)5-2/h8-11,14,16H,4-7,12-13H2,1-3H3,(H3,24,25,26,27,28,29). The molecular weight excluding hydrogens is 420 g/mol. The smallest absolute Gasteiger partial charge is 0.231 e. The molecule has 0 spiro atoms. The van der Waals surface area contributed by atoms with Crippen LogP contribution in [0.5, 0.6) is 0 Å². The summed E-state index contributed by atoms with van der Waals surface area (Å²) >= 11 is 0. The largest absolute Gasteiger partial charge is 0.364 e. The fourth-order valence-corrected chi connectivity index (χ4v) is 4.01. The molecule has 0 bridgehead atoms. The average Bonchev–Trinajstić information content (AvgIpc) is 3.32. The normalized spacial score (nSPS) is 16.0. The Morgan fingerprint density at radius 2 is 1.97 bits per heavy atom. The first-order valence-electron chi connectivity index (χ1n) is 11.4. The zero-order valence-electron chi connectivity index (χ0n) is 19.3. The highest BCUT2D eigenvalue weighted by Gasteiger charge is 2.24. The van der Waals surface area contributed by atoms with E-state index >= 15 is 0 Å². The average molecular weight is 451 g/mol. The second-order valence-electron chi connectivity index (χ2n) is 8.15. The zero-order valence-corrected chi connectivity index (χ0v) is 19.3. The Balaban J connectivity index is 1.52. The van der Waals surface area contributed by atoms with E-state index < -0.39 is 0 Å². The van der Waals surface area contributed by atoms with Crippen molar-refractivity contribution in [2.75, 3.05) is 35.7 Å². The summed E-state index contributed by atoms with van der Waals surface area (Å²) in [5.74, 6) is 1.30. The Bertz CT molecular complexity index is 1130. The lowest BCUT2D eigenvalue weighted by atomic mass is 10.1. The van der Waals surface area contributed by atoms with Crippen LogP contribution in [-0.2, 0) is 9.59 Å². The molecule has 1 atom stereocenters. The molecule has 2 amide bonds. The van der Waals surface area contributed by atoms with Crippen LogP contribution >= 0.6 is 0 Å². The van der Waals surface area contributed by atoms with Crippen LogP contribution in [0.3, 0.4) is 0 Å². The van der Waals surface area contributed by atoms with Crippen LogP contribution in [0.1, 0.15) is 39.5 Å². The molecule has 2 aromatic heterocycles. The van der Waals surface area contributed by atoms with Crippen LogP contribution in [0.2, 0.25) is 0 Å². The van der Waals surface area contributed by atoms with Gasteiger partial charge in [0, 0.05) is 50.4 Å². The lowest BCUT2D eigenvalue weighted by Gasteiger charge is -2.33. The van der Waals surface area contributed by atoms with E-state index in [9.17, 15) is 9.59 Å². The van der Waals surface area contributed by atoms with Crippen molar-refractivity contribution in [3.05, 3.63) is 30.6 Å². The summed E-state index contributed by atoms with van der Waals surface area (Å²) in [4.78, 5) is 44.2. The molecule has 1 unspecified atom stereocenters. The number of anilines is 4. The van der Waals surface area contributed by atoms with Crippen LogP contribution in [0.4, 0.5) is 23.1 Å². The first-order chi connectivity index (χ1) is 16.0. The van der Waals surface area contributed by atoms with Crippen molar-refractivity contribution in [2.45, 2.75) is 45.6 Å². The second kappa shape index (κ2) is 9.85. The quantitative estimate of drug-likeness (QED) is 0.505. The number of piperidine rings is 1. The molecule has 0 aliphatic carbocycles. The number of carbonyl (C=O) groups excluding carboxylic acids is 2. The van der Waals surface area contributed by atoms with Gasteiger partial charge in [-0.1, -0.05) is 13.8 Å². The third-order valence-corrected chi connectivity index (χ3v) is 5.89. The highest BCUT2D eigenvalue weighted by Crippen LogP contribution is 2.25. The minimum Gasteiger partial charge on any atom is -0.364 e. The summed E-state index contributed by atoms with van der Waals surface area (Å²) in [5.41, 5.74) is 2.91. The van der Waals surface area contributed by atoms with Gasteiger partial charge in [-0.2, -0.15) is 9.97 Å². The molecule has 1 fully saturated rings. The van der Waals surface area contributed by atoms with E-state index in [4.69, 9.17) is 0 Å². The van der Waals surface area contributed by atoms with Crippen LogP contribution < -0.4 is 15.5 Å². The molecule has 1 aliphatic heterocycles. The number of aromatic amines is 1. The number of hydrogen-bond donors (Lipinski definition) is 3. The van der Waals surface area contributed by atoms with Crippen LogP contribution in [0, 0.1) is 0 Å². The topological polar surface area (TPSA) is 119 Å². The molecule has 1 aromatic carbocycles. The summed E-state index contributed by atoms with van der Waals surface area (Å²) in [6, 6.07) is 7.63. The van der Waals surface area contributed by atoms with Gasteiger partial charge in [0.05, 0.1) is 6.33 Å². The minimum atomic E-state index is 0.0562. The molecule has 3 aromatic rings. The molecule has 0 radical (unpaired) electrons. The van der Waals surface area contributed by atoms with Gasteiger partial charge in [-0.25, -0.2) is 4.98 Å². The molecule has 1 aliphatic rings. The summed E-state index contributed by atoms with van der Waals surface area (Å²) in [5, 5.41) is 6.71. The number of likely N-dealkylation sites (tertiary alicyclic amines) is 1. The van der Waals surface area contributed by atoms with E-state index in [0.29, 0.717) is 36.8 Å².